The molecule has 0 radical (unpaired) electrons. The lowest BCUT2D eigenvalue weighted by molar-refractivity contribution is -0.119. The minimum atomic E-state index is -0.132. The van der Waals surface area contributed by atoms with Gasteiger partial charge in [-0.25, -0.2) is 0 Å². The number of hydrazine groups is 1. The molecule has 3 N–H and O–H groups in total. The molecular formula is C18H21N3O2S2. The molecule has 7 heteroatoms. The lowest BCUT2D eigenvalue weighted by Gasteiger charge is -2.12. The van der Waals surface area contributed by atoms with E-state index >= 15 is 0 Å². The van der Waals surface area contributed by atoms with Crippen LogP contribution in [0.15, 0.2) is 48.5 Å². The van der Waals surface area contributed by atoms with Crippen LogP contribution < -0.4 is 20.9 Å². The standard InChI is InChI=1S/C18H21N3O2S2/c1-13-6-8-14(9-7-13)11-25-12-17(22)20-21-18(24)19-15-4-3-5-16(10-15)23-2/h3-10H,11-12H2,1-2H3,(H,20,22)(H2,19,21,24). The van der Waals surface area contributed by atoms with E-state index in [9.17, 15) is 4.79 Å². The van der Waals surface area contributed by atoms with Crippen molar-refractivity contribution in [3.63, 3.8) is 0 Å². The summed E-state index contributed by atoms with van der Waals surface area (Å²) in [6.45, 7) is 2.05. The predicted molar refractivity (Wildman–Crippen MR) is 108 cm³/mol. The highest BCUT2D eigenvalue weighted by atomic mass is 32.2. The number of thioether (sulfide) groups is 1. The summed E-state index contributed by atoms with van der Waals surface area (Å²) in [4.78, 5) is 11.8. The van der Waals surface area contributed by atoms with Gasteiger partial charge in [-0.15, -0.1) is 11.8 Å². The average molecular weight is 376 g/mol. The Balaban J connectivity index is 1.66. The number of nitrogens with one attached hydrogen (secondary N) is 3. The summed E-state index contributed by atoms with van der Waals surface area (Å²) in [6.07, 6.45) is 0. The molecule has 5 nitrogen and oxygen atoms in total. The minimum absolute atomic E-state index is 0.132. The van der Waals surface area contributed by atoms with E-state index in [1.165, 1.54) is 11.1 Å². The van der Waals surface area contributed by atoms with Gasteiger partial charge in [-0.3, -0.25) is 15.6 Å². The van der Waals surface area contributed by atoms with Crippen molar-refractivity contribution < 1.29 is 9.53 Å². The zero-order chi connectivity index (χ0) is 18.1. The van der Waals surface area contributed by atoms with Gasteiger partial charge in [-0.05, 0) is 36.8 Å². The van der Waals surface area contributed by atoms with Gasteiger partial charge in [0.15, 0.2) is 5.11 Å². The minimum Gasteiger partial charge on any atom is -0.497 e. The van der Waals surface area contributed by atoms with Gasteiger partial charge < -0.3 is 10.1 Å². The van der Waals surface area contributed by atoms with Crippen LogP contribution in [0.1, 0.15) is 11.1 Å². The number of methoxy groups -OCH3 is 1. The quantitative estimate of drug-likeness (QED) is 0.532. The summed E-state index contributed by atoms with van der Waals surface area (Å²) in [7, 11) is 1.60. The van der Waals surface area contributed by atoms with Crippen LogP contribution in [-0.4, -0.2) is 23.9 Å². The van der Waals surface area contributed by atoms with Crippen molar-refractivity contribution in [2.75, 3.05) is 18.2 Å². The smallest absolute Gasteiger partial charge is 0.248 e. The average Bonchev–Trinajstić information content (AvgIpc) is 2.62. The Morgan fingerprint density at radius 2 is 1.92 bits per heavy atom. The molecule has 2 rings (SSSR count). The van der Waals surface area contributed by atoms with Crippen molar-refractivity contribution in [3.8, 4) is 5.75 Å². The molecule has 0 unspecified atom stereocenters. The summed E-state index contributed by atoms with van der Waals surface area (Å²) < 4.78 is 5.15. The summed E-state index contributed by atoms with van der Waals surface area (Å²) >= 11 is 6.70. The molecule has 0 aliphatic carbocycles. The van der Waals surface area contributed by atoms with Gasteiger partial charge in [-0.2, -0.15) is 0 Å². The molecule has 0 aliphatic rings. The molecule has 0 aliphatic heterocycles. The molecule has 0 saturated carbocycles. The molecule has 0 atom stereocenters. The van der Waals surface area contributed by atoms with E-state index < -0.39 is 0 Å². The molecule has 0 saturated heterocycles. The van der Waals surface area contributed by atoms with Crippen LogP contribution in [0.25, 0.3) is 0 Å². The van der Waals surface area contributed by atoms with E-state index in [0.717, 1.165) is 17.2 Å². The third kappa shape index (κ3) is 7.03. The van der Waals surface area contributed by atoms with E-state index in [1.54, 1.807) is 18.9 Å². The van der Waals surface area contributed by atoms with E-state index in [4.69, 9.17) is 17.0 Å². The van der Waals surface area contributed by atoms with Crippen molar-refractivity contribution in [3.05, 3.63) is 59.7 Å². The monoisotopic (exact) mass is 375 g/mol. The van der Waals surface area contributed by atoms with Crippen LogP contribution in [0.2, 0.25) is 0 Å². The highest BCUT2D eigenvalue weighted by Gasteiger charge is 2.04. The Hall–Kier alpha value is -2.25. The van der Waals surface area contributed by atoms with Crippen molar-refractivity contribution in [2.45, 2.75) is 12.7 Å². The third-order valence-corrected chi connectivity index (χ3v) is 4.47. The first-order valence-electron chi connectivity index (χ1n) is 7.70. The summed E-state index contributed by atoms with van der Waals surface area (Å²) in [6, 6.07) is 15.7. The van der Waals surface area contributed by atoms with Crippen molar-refractivity contribution in [1.82, 2.24) is 10.9 Å². The topological polar surface area (TPSA) is 62.4 Å². The number of rotatable bonds is 6. The molecule has 0 bridgehead atoms. The second-order valence-corrected chi connectivity index (χ2v) is 6.73. The number of carbonyl (C=O) groups is 1. The molecular weight excluding hydrogens is 354 g/mol. The van der Waals surface area contributed by atoms with Gasteiger partial charge in [0.05, 0.1) is 12.9 Å². The Kier molecular flexibility index (Phi) is 7.56. The predicted octanol–water partition coefficient (Wildman–Crippen LogP) is 3.25. The Morgan fingerprint density at radius 3 is 2.64 bits per heavy atom. The zero-order valence-corrected chi connectivity index (χ0v) is 15.8. The second-order valence-electron chi connectivity index (χ2n) is 5.34. The molecule has 0 spiro atoms. The number of carbonyl (C=O) groups excluding carboxylic acids is 1. The van der Waals surface area contributed by atoms with Crippen molar-refractivity contribution >= 4 is 40.7 Å². The van der Waals surface area contributed by atoms with Crippen LogP contribution in [0.4, 0.5) is 5.69 Å². The Bertz CT molecular complexity index is 721. The van der Waals surface area contributed by atoms with Crippen LogP contribution in [0.5, 0.6) is 5.75 Å². The second kappa shape index (κ2) is 9.90. The molecule has 0 fully saturated rings. The van der Waals surface area contributed by atoms with Crippen LogP contribution in [-0.2, 0) is 10.5 Å². The fourth-order valence-corrected chi connectivity index (χ4v) is 2.93. The van der Waals surface area contributed by atoms with Gasteiger partial charge >= 0.3 is 0 Å². The maximum atomic E-state index is 11.8. The SMILES string of the molecule is COc1cccc(NC(=S)NNC(=O)CSCc2ccc(C)cc2)c1. The van der Waals surface area contributed by atoms with Gasteiger partial charge in [-0.1, -0.05) is 35.9 Å². The number of amides is 1. The molecule has 25 heavy (non-hydrogen) atoms. The Labute approximate surface area is 157 Å². The number of aryl methyl sites for hydroxylation is 1. The molecule has 132 valence electrons. The van der Waals surface area contributed by atoms with Crippen LogP contribution >= 0.6 is 24.0 Å². The molecule has 0 aromatic heterocycles. The fraction of sp³-hybridized carbons (Fsp3) is 0.222. The number of anilines is 1. The maximum Gasteiger partial charge on any atom is 0.248 e. The maximum absolute atomic E-state index is 11.8. The van der Waals surface area contributed by atoms with Gasteiger partial charge in [0.25, 0.3) is 0 Å². The van der Waals surface area contributed by atoms with Crippen molar-refractivity contribution in [2.24, 2.45) is 0 Å². The third-order valence-electron chi connectivity index (χ3n) is 3.27. The number of ether oxygens (including phenoxy) is 1. The fourth-order valence-electron chi connectivity index (χ4n) is 1.97. The number of thiocarbonyl (C=S) groups is 1. The summed E-state index contributed by atoms with van der Waals surface area (Å²) in [5.41, 5.74) is 8.48. The number of hydrogen-bond acceptors (Lipinski definition) is 4. The molecule has 1 amide bonds. The highest BCUT2D eigenvalue weighted by molar-refractivity contribution is 7.99. The molecule has 0 heterocycles. The first-order chi connectivity index (χ1) is 12.1. The zero-order valence-electron chi connectivity index (χ0n) is 14.2. The molecule has 2 aromatic rings. The van der Waals surface area contributed by atoms with E-state index in [2.05, 4.69) is 47.4 Å². The normalized spacial score (nSPS) is 10.0. The van der Waals surface area contributed by atoms with Gasteiger partial charge in [0.2, 0.25) is 5.91 Å². The first kappa shape index (κ1) is 19.1. The van der Waals surface area contributed by atoms with Crippen LogP contribution in [0.3, 0.4) is 0 Å². The number of benzene rings is 2. The first-order valence-corrected chi connectivity index (χ1v) is 9.26. The van der Waals surface area contributed by atoms with Gasteiger partial charge in [0, 0.05) is 17.5 Å². The highest BCUT2D eigenvalue weighted by Crippen LogP contribution is 2.16. The lowest BCUT2D eigenvalue weighted by Crippen LogP contribution is -2.44. The van der Waals surface area contributed by atoms with E-state index in [1.807, 2.05) is 24.3 Å². The van der Waals surface area contributed by atoms with E-state index in [0.29, 0.717) is 10.9 Å². The number of hydrogen-bond donors (Lipinski definition) is 3. The van der Waals surface area contributed by atoms with Crippen LogP contribution in [0, 0.1) is 6.92 Å². The lowest BCUT2D eigenvalue weighted by atomic mass is 10.2. The van der Waals surface area contributed by atoms with Crippen molar-refractivity contribution in [1.29, 1.82) is 0 Å². The molecule has 2 aromatic carbocycles. The van der Waals surface area contributed by atoms with E-state index in [-0.39, 0.29) is 5.91 Å². The Morgan fingerprint density at radius 1 is 1.16 bits per heavy atom. The summed E-state index contributed by atoms with van der Waals surface area (Å²) in [5.74, 6) is 1.74. The van der Waals surface area contributed by atoms with Gasteiger partial charge in [0.1, 0.15) is 5.75 Å². The summed E-state index contributed by atoms with van der Waals surface area (Å²) in [5, 5.41) is 3.29. The largest absolute Gasteiger partial charge is 0.497 e.